The van der Waals surface area contributed by atoms with Gasteiger partial charge in [-0.15, -0.1) is 10.3 Å². The van der Waals surface area contributed by atoms with E-state index < -0.39 is 0 Å². The second-order valence-electron chi connectivity index (χ2n) is 6.21. The zero-order valence-corrected chi connectivity index (χ0v) is 18.8. The molecule has 1 radical (unpaired) electrons. The number of hydrogen-bond acceptors (Lipinski definition) is 4. The van der Waals surface area contributed by atoms with Crippen molar-refractivity contribution in [1.29, 1.82) is 0 Å². The number of aliphatic hydroxyl groups is 1. The maximum Gasteiger partial charge on any atom is 0.162 e. The van der Waals surface area contributed by atoms with Crippen LogP contribution < -0.4 is 4.74 Å². The number of aliphatic hydroxyl groups excluding tert-OH is 1. The standard InChI is InChI=1S/C20H20ClO3S.Y/c21-16-9-14(12-22)10-17(11-16)24-13-19-15(6-7-20(19)23)3-1-4-18-5-2-8-25-18;/h2,5-7,9-11,15,19,22H,1,3-4,12-13H2;/q-1;/t15-,19+;/m0./s1. The van der Waals surface area contributed by atoms with Crippen molar-refractivity contribution in [2.75, 3.05) is 6.61 Å². The molecule has 0 saturated carbocycles. The fourth-order valence-corrected chi connectivity index (χ4v) is 4.01. The fourth-order valence-electron chi connectivity index (χ4n) is 3.09. The van der Waals surface area contributed by atoms with Crippen LogP contribution in [0.3, 0.4) is 0 Å². The second kappa shape index (κ2) is 10.7. The van der Waals surface area contributed by atoms with Crippen LogP contribution in [0.2, 0.25) is 5.02 Å². The molecule has 135 valence electrons. The number of benzene rings is 1. The van der Waals surface area contributed by atoms with E-state index in [1.807, 2.05) is 12.1 Å². The van der Waals surface area contributed by atoms with E-state index in [-0.39, 0.29) is 56.9 Å². The summed E-state index contributed by atoms with van der Waals surface area (Å²) in [4.78, 5) is 13.5. The van der Waals surface area contributed by atoms with Gasteiger partial charge in [0.2, 0.25) is 0 Å². The van der Waals surface area contributed by atoms with E-state index in [9.17, 15) is 9.90 Å². The Balaban J connectivity index is 0.00000243. The van der Waals surface area contributed by atoms with Crippen LogP contribution in [0, 0.1) is 17.2 Å². The molecule has 0 bridgehead atoms. The monoisotopic (exact) mass is 464 g/mol. The number of aryl methyl sites for hydroxylation is 1. The van der Waals surface area contributed by atoms with Gasteiger partial charge in [0.15, 0.2) is 5.78 Å². The third kappa shape index (κ3) is 6.00. The van der Waals surface area contributed by atoms with Crippen LogP contribution in [-0.2, 0) is 50.5 Å². The molecule has 3 rings (SSSR count). The molecule has 6 heteroatoms. The number of carbonyl (C=O) groups excluding carboxylic acids is 1. The number of thiophene rings is 1. The Morgan fingerprint density at radius 3 is 2.88 bits per heavy atom. The van der Waals surface area contributed by atoms with Gasteiger partial charge in [-0.3, -0.25) is 4.79 Å². The van der Waals surface area contributed by atoms with Gasteiger partial charge in [0.25, 0.3) is 0 Å². The van der Waals surface area contributed by atoms with Gasteiger partial charge < -0.3 is 21.2 Å². The smallest absolute Gasteiger partial charge is 0.162 e. The molecule has 26 heavy (non-hydrogen) atoms. The summed E-state index contributed by atoms with van der Waals surface area (Å²) in [6, 6.07) is 9.19. The second-order valence-corrected chi connectivity index (χ2v) is 7.61. The summed E-state index contributed by atoms with van der Waals surface area (Å²) in [6.45, 7) is 0.234. The molecule has 2 atom stereocenters. The van der Waals surface area contributed by atoms with E-state index in [4.69, 9.17) is 16.3 Å². The number of ketones is 1. The Kier molecular flexibility index (Phi) is 8.98. The summed E-state index contributed by atoms with van der Waals surface area (Å²) in [5.74, 6) is 0.780. The van der Waals surface area contributed by atoms with E-state index in [1.165, 1.54) is 4.88 Å². The summed E-state index contributed by atoms with van der Waals surface area (Å²) >= 11 is 7.68. The molecule has 0 spiro atoms. The minimum Gasteiger partial charge on any atom is -0.493 e. The molecule has 2 aromatic rings. The third-order valence-electron chi connectivity index (χ3n) is 4.42. The number of hydrogen-bond donors (Lipinski definition) is 1. The topological polar surface area (TPSA) is 46.5 Å². The van der Waals surface area contributed by atoms with Crippen LogP contribution in [0.15, 0.2) is 42.5 Å². The molecule has 1 aromatic carbocycles. The van der Waals surface area contributed by atoms with E-state index in [2.05, 4.69) is 11.4 Å². The molecule has 1 heterocycles. The Hall–Kier alpha value is -0.516. The molecule has 0 amide bonds. The van der Waals surface area contributed by atoms with E-state index in [0.29, 0.717) is 22.9 Å². The molecule has 1 aliphatic carbocycles. The summed E-state index contributed by atoms with van der Waals surface area (Å²) in [5.41, 5.74) is 0.697. The van der Waals surface area contributed by atoms with Crippen molar-refractivity contribution in [2.45, 2.75) is 25.9 Å². The summed E-state index contributed by atoms with van der Waals surface area (Å²) in [5, 5.41) is 12.9. The van der Waals surface area contributed by atoms with Gasteiger partial charge in [0.05, 0.1) is 19.1 Å². The van der Waals surface area contributed by atoms with Crippen molar-refractivity contribution >= 4 is 28.7 Å². The molecule has 0 fully saturated rings. The molecular weight excluding hydrogens is 445 g/mol. The van der Waals surface area contributed by atoms with Crippen LogP contribution in [0.4, 0.5) is 0 Å². The van der Waals surface area contributed by atoms with Crippen molar-refractivity contribution < 1.29 is 47.3 Å². The summed E-state index contributed by atoms with van der Waals surface area (Å²) in [6.07, 6.45) is 6.71. The van der Waals surface area contributed by atoms with Crippen molar-refractivity contribution in [2.24, 2.45) is 11.8 Å². The van der Waals surface area contributed by atoms with E-state index >= 15 is 0 Å². The normalized spacial score (nSPS) is 18.8. The van der Waals surface area contributed by atoms with Crippen molar-refractivity contribution in [3.63, 3.8) is 0 Å². The number of rotatable bonds is 8. The predicted octanol–water partition coefficient (Wildman–Crippen LogP) is 4.46. The van der Waals surface area contributed by atoms with Gasteiger partial charge in [0.1, 0.15) is 5.75 Å². The van der Waals surface area contributed by atoms with Crippen LogP contribution in [0.5, 0.6) is 5.75 Å². The van der Waals surface area contributed by atoms with Gasteiger partial charge in [-0.05, 0) is 42.2 Å². The van der Waals surface area contributed by atoms with Gasteiger partial charge >= 0.3 is 0 Å². The van der Waals surface area contributed by atoms with Crippen LogP contribution in [0.1, 0.15) is 23.3 Å². The minimum atomic E-state index is -0.147. The number of carbonyl (C=O) groups is 1. The van der Waals surface area contributed by atoms with Crippen molar-refractivity contribution in [3.05, 3.63) is 63.3 Å². The summed E-state index contributed by atoms with van der Waals surface area (Å²) < 4.78 is 5.81. The van der Waals surface area contributed by atoms with Gasteiger partial charge in [0, 0.05) is 37.7 Å². The molecular formula is C20H20ClO3SY-. The predicted molar refractivity (Wildman–Crippen MR) is 100 cm³/mol. The molecule has 1 N–H and O–H groups in total. The average molecular weight is 465 g/mol. The summed E-state index contributed by atoms with van der Waals surface area (Å²) in [7, 11) is 0. The third-order valence-corrected chi connectivity index (χ3v) is 5.50. The average Bonchev–Trinajstić information content (AvgIpc) is 3.23. The number of halogens is 1. The van der Waals surface area contributed by atoms with Gasteiger partial charge in [-0.1, -0.05) is 30.5 Å². The first-order chi connectivity index (χ1) is 12.2. The molecule has 0 aliphatic heterocycles. The molecule has 0 unspecified atom stereocenters. The van der Waals surface area contributed by atoms with Crippen LogP contribution >= 0.6 is 22.9 Å². The largest absolute Gasteiger partial charge is 0.493 e. The Labute approximate surface area is 188 Å². The molecule has 0 saturated heterocycles. The van der Waals surface area contributed by atoms with Crippen LogP contribution in [-0.4, -0.2) is 17.5 Å². The maximum atomic E-state index is 12.2. The zero-order chi connectivity index (χ0) is 17.6. The quantitative estimate of drug-likeness (QED) is 0.587. The first-order valence-corrected chi connectivity index (χ1v) is 9.55. The molecule has 1 aliphatic rings. The van der Waals surface area contributed by atoms with Gasteiger partial charge in [-0.25, -0.2) is 6.07 Å². The fraction of sp³-hybridized carbons (Fsp3) is 0.350. The van der Waals surface area contributed by atoms with Gasteiger partial charge in [-0.2, -0.15) is 6.07 Å². The number of ether oxygens (including phenoxy) is 1. The molecule has 3 nitrogen and oxygen atoms in total. The van der Waals surface area contributed by atoms with E-state index in [1.54, 1.807) is 35.6 Å². The van der Waals surface area contributed by atoms with Crippen molar-refractivity contribution in [3.8, 4) is 5.75 Å². The van der Waals surface area contributed by atoms with Crippen molar-refractivity contribution in [1.82, 2.24) is 0 Å². The SMILES string of the molecule is O=C1C=C[C@H](CCCc2cc[c-]s2)[C@H]1COc1cc(Cl)cc(CO)c1.[Y]. The van der Waals surface area contributed by atoms with Crippen LogP contribution in [0.25, 0.3) is 0 Å². The Morgan fingerprint density at radius 2 is 2.15 bits per heavy atom. The maximum absolute atomic E-state index is 12.2. The number of allylic oxidation sites excluding steroid dienone is 2. The molecule has 1 aromatic heterocycles. The first kappa shape index (κ1) is 21.8. The minimum absolute atomic E-state index is 0. The first-order valence-electron chi connectivity index (χ1n) is 8.35. The Bertz CT molecular complexity index is 746. The van der Waals surface area contributed by atoms with E-state index in [0.717, 1.165) is 19.3 Å². The zero-order valence-electron chi connectivity index (χ0n) is 14.4. The Morgan fingerprint density at radius 1 is 1.31 bits per heavy atom.